The highest BCUT2D eigenvalue weighted by molar-refractivity contribution is 8.08. The van der Waals surface area contributed by atoms with Gasteiger partial charge in [0, 0.05) is 11.4 Å². The molecule has 0 radical (unpaired) electrons. The van der Waals surface area contributed by atoms with Crippen LogP contribution in [-0.2, 0) is 0 Å². The predicted octanol–water partition coefficient (Wildman–Crippen LogP) is 4.24. The van der Waals surface area contributed by atoms with E-state index in [0.29, 0.717) is 0 Å². The Labute approximate surface area is 126 Å². The second-order valence-corrected chi connectivity index (χ2v) is 6.44. The van der Waals surface area contributed by atoms with Gasteiger partial charge in [-0.2, -0.15) is 0 Å². The molecule has 0 saturated carbocycles. The van der Waals surface area contributed by atoms with Crippen LogP contribution in [0.4, 0.5) is 0 Å². The molecule has 0 amide bonds. The number of hydrogen-bond donors (Lipinski definition) is 1. The van der Waals surface area contributed by atoms with Crippen molar-refractivity contribution in [2.45, 2.75) is 45.8 Å². The van der Waals surface area contributed by atoms with Gasteiger partial charge in [-0.15, -0.1) is 11.8 Å². The highest BCUT2D eigenvalue weighted by atomic mass is 32.2. The fraction of sp³-hybridized carbons (Fsp3) is 0.529. The lowest BCUT2D eigenvalue weighted by molar-refractivity contribution is 0.0556. The van der Waals surface area contributed by atoms with Gasteiger partial charge in [0.2, 0.25) is 0 Å². The summed E-state index contributed by atoms with van der Waals surface area (Å²) in [4.78, 5) is 3.35. The molecule has 1 unspecified atom stereocenters. The number of unbranched alkanes of at least 4 members (excludes halogenated alkanes) is 3. The number of thioether (sulfide) groups is 1. The van der Waals surface area contributed by atoms with Gasteiger partial charge < -0.3 is 5.11 Å². The molecule has 0 bridgehead atoms. The lowest BCUT2D eigenvalue weighted by Crippen LogP contribution is -2.36. The van der Waals surface area contributed by atoms with Crippen LogP contribution in [-0.4, -0.2) is 28.7 Å². The van der Waals surface area contributed by atoms with Gasteiger partial charge in [0.15, 0.2) is 0 Å². The molecule has 1 heterocycles. The standard InChI is InChI=1S/C17H25NOS/c1-3-4-5-6-11-18-13-20-16(12-17(18)19)15-9-7-14(2)8-10-15/h7-10,12,17,19H,3-6,11,13H2,1-2H3. The van der Waals surface area contributed by atoms with E-state index in [2.05, 4.69) is 43.0 Å². The molecule has 2 nitrogen and oxygen atoms in total. The largest absolute Gasteiger partial charge is 0.375 e. The molecule has 0 fully saturated rings. The van der Waals surface area contributed by atoms with Gasteiger partial charge in [-0.3, -0.25) is 4.90 Å². The number of aryl methyl sites for hydroxylation is 1. The number of rotatable bonds is 6. The van der Waals surface area contributed by atoms with Crippen molar-refractivity contribution in [3.63, 3.8) is 0 Å². The minimum absolute atomic E-state index is 0.436. The van der Waals surface area contributed by atoms with Crippen molar-refractivity contribution in [1.82, 2.24) is 4.90 Å². The second-order valence-electron chi connectivity index (χ2n) is 5.46. The summed E-state index contributed by atoms with van der Waals surface area (Å²) in [6.45, 7) is 5.31. The first-order valence-electron chi connectivity index (χ1n) is 7.54. The first kappa shape index (κ1) is 15.6. The van der Waals surface area contributed by atoms with E-state index in [1.807, 2.05) is 17.8 Å². The zero-order valence-corrected chi connectivity index (χ0v) is 13.3. The molecule has 0 saturated heterocycles. The van der Waals surface area contributed by atoms with E-state index in [1.165, 1.54) is 41.7 Å². The molecule has 3 heteroatoms. The number of aliphatic hydroxyl groups excluding tert-OH is 1. The molecule has 0 spiro atoms. The normalized spacial score (nSPS) is 19.9. The quantitative estimate of drug-likeness (QED) is 0.793. The van der Waals surface area contributed by atoms with Gasteiger partial charge >= 0.3 is 0 Å². The van der Waals surface area contributed by atoms with Gasteiger partial charge in [-0.1, -0.05) is 56.0 Å². The van der Waals surface area contributed by atoms with Crippen LogP contribution in [0, 0.1) is 6.92 Å². The number of aliphatic hydroxyl groups is 1. The molecule has 2 rings (SSSR count). The summed E-state index contributed by atoms with van der Waals surface area (Å²) in [6.07, 6.45) is 6.54. The highest BCUT2D eigenvalue weighted by Crippen LogP contribution is 2.33. The summed E-state index contributed by atoms with van der Waals surface area (Å²) in [7, 11) is 0. The minimum atomic E-state index is -0.436. The molecule has 0 aromatic heterocycles. The summed E-state index contributed by atoms with van der Waals surface area (Å²) in [5.41, 5.74) is 2.48. The third-order valence-electron chi connectivity index (χ3n) is 3.70. The third-order valence-corrected chi connectivity index (χ3v) is 4.84. The van der Waals surface area contributed by atoms with Crippen LogP contribution in [0.1, 0.15) is 43.7 Å². The molecule has 20 heavy (non-hydrogen) atoms. The molecule has 1 atom stereocenters. The number of nitrogens with zero attached hydrogens (tertiary/aromatic N) is 1. The van der Waals surface area contributed by atoms with Crippen molar-refractivity contribution in [1.29, 1.82) is 0 Å². The van der Waals surface area contributed by atoms with E-state index in [0.717, 1.165) is 12.4 Å². The van der Waals surface area contributed by atoms with Gasteiger partial charge in [-0.25, -0.2) is 0 Å². The molecule has 1 aliphatic heterocycles. The maximum Gasteiger partial charge on any atom is 0.128 e. The summed E-state index contributed by atoms with van der Waals surface area (Å²) < 4.78 is 0. The van der Waals surface area contributed by atoms with E-state index in [-0.39, 0.29) is 0 Å². The van der Waals surface area contributed by atoms with Crippen LogP contribution < -0.4 is 0 Å². The van der Waals surface area contributed by atoms with Crippen molar-refractivity contribution in [2.24, 2.45) is 0 Å². The zero-order chi connectivity index (χ0) is 14.4. The van der Waals surface area contributed by atoms with Gasteiger partial charge in [0.1, 0.15) is 6.23 Å². The van der Waals surface area contributed by atoms with E-state index in [4.69, 9.17) is 0 Å². The number of benzene rings is 1. The molecule has 1 aliphatic rings. The van der Waals surface area contributed by atoms with Crippen molar-refractivity contribution >= 4 is 16.7 Å². The molecule has 1 aromatic carbocycles. The molecule has 1 aromatic rings. The molecule has 1 N–H and O–H groups in total. The predicted molar refractivity (Wildman–Crippen MR) is 88.5 cm³/mol. The maximum absolute atomic E-state index is 10.2. The van der Waals surface area contributed by atoms with E-state index in [1.54, 1.807) is 0 Å². The Morgan fingerprint density at radius 2 is 1.95 bits per heavy atom. The summed E-state index contributed by atoms with van der Waals surface area (Å²) in [6, 6.07) is 8.52. The summed E-state index contributed by atoms with van der Waals surface area (Å²) in [5.74, 6) is 0.882. The van der Waals surface area contributed by atoms with Crippen molar-refractivity contribution in [2.75, 3.05) is 12.4 Å². The van der Waals surface area contributed by atoms with Crippen LogP contribution in [0.15, 0.2) is 30.3 Å². The van der Waals surface area contributed by atoms with Gasteiger partial charge in [0.25, 0.3) is 0 Å². The molecule has 110 valence electrons. The third kappa shape index (κ3) is 4.37. The Bertz CT molecular complexity index is 441. The van der Waals surface area contributed by atoms with E-state index >= 15 is 0 Å². The summed E-state index contributed by atoms with van der Waals surface area (Å²) in [5, 5.41) is 10.2. The van der Waals surface area contributed by atoms with Gasteiger partial charge in [-0.05, 0) is 25.0 Å². The van der Waals surface area contributed by atoms with Gasteiger partial charge in [0.05, 0.1) is 5.88 Å². The first-order chi connectivity index (χ1) is 9.70. The minimum Gasteiger partial charge on any atom is -0.375 e. The Morgan fingerprint density at radius 3 is 2.60 bits per heavy atom. The average molecular weight is 291 g/mol. The van der Waals surface area contributed by atoms with Crippen LogP contribution in [0.2, 0.25) is 0 Å². The first-order valence-corrected chi connectivity index (χ1v) is 8.53. The van der Waals surface area contributed by atoms with Crippen LogP contribution in [0.3, 0.4) is 0 Å². The molecular weight excluding hydrogens is 266 g/mol. The molecular formula is C17H25NOS. The van der Waals surface area contributed by atoms with Crippen molar-refractivity contribution in [3.8, 4) is 0 Å². The number of hydrogen-bond acceptors (Lipinski definition) is 3. The van der Waals surface area contributed by atoms with Crippen LogP contribution >= 0.6 is 11.8 Å². The molecule has 0 aliphatic carbocycles. The Hall–Kier alpha value is -0.770. The Kier molecular flexibility index (Phi) is 6.14. The second kappa shape index (κ2) is 7.87. The van der Waals surface area contributed by atoms with Crippen LogP contribution in [0.25, 0.3) is 4.91 Å². The lowest BCUT2D eigenvalue weighted by atomic mass is 10.1. The summed E-state index contributed by atoms with van der Waals surface area (Å²) >= 11 is 1.82. The van der Waals surface area contributed by atoms with Crippen molar-refractivity contribution < 1.29 is 5.11 Å². The van der Waals surface area contributed by atoms with Crippen LogP contribution in [0.5, 0.6) is 0 Å². The Balaban J connectivity index is 1.91. The maximum atomic E-state index is 10.2. The Morgan fingerprint density at radius 1 is 1.20 bits per heavy atom. The average Bonchev–Trinajstić information content (AvgIpc) is 2.46. The van der Waals surface area contributed by atoms with E-state index in [9.17, 15) is 5.11 Å². The fourth-order valence-electron chi connectivity index (χ4n) is 2.35. The lowest BCUT2D eigenvalue weighted by Gasteiger charge is -2.30. The van der Waals surface area contributed by atoms with Crippen molar-refractivity contribution in [3.05, 3.63) is 41.5 Å². The van der Waals surface area contributed by atoms with E-state index < -0.39 is 6.23 Å². The smallest absolute Gasteiger partial charge is 0.128 e. The topological polar surface area (TPSA) is 23.5 Å². The highest BCUT2D eigenvalue weighted by Gasteiger charge is 2.20. The fourth-order valence-corrected chi connectivity index (χ4v) is 3.46. The SMILES string of the molecule is CCCCCCN1CSC(c2ccc(C)cc2)=CC1O. The zero-order valence-electron chi connectivity index (χ0n) is 12.5. The monoisotopic (exact) mass is 291 g/mol.